The normalized spacial score (nSPS) is 19.6. The second-order valence-electron chi connectivity index (χ2n) is 5.91. The van der Waals surface area contributed by atoms with Crippen molar-refractivity contribution in [2.75, 3.05) is 24.5 Å². The molecule has 0 spiro atoms. The second-order valence-corrected chi connectivity index (χ2v) is 6.78. The summed E-state index contributed by atoms with van der Waals surface area (Å²) >= 11 is 1.68. The molecule has 2 aromatic heterocycles. The smallest absolute Gasteiger partial charge is 0.185 e. The van der Waals surface area contributed by atoms with Crippen LogP contribution >= 0.6 is 11.3 Å². The second kappa shape index (κ2) is 5.90. The SMILES string of the molecule is C[C@@H]1CN(Cc2nc3c(F)cccc3[nH]2)CCN1c1nccs1. The molecule has 0 aliphatic carbocycles. The van der Waals surface area contributed by atoms with Gasteiger partial charge in [0.25, 0.3) is 0 Å². The lowest BCUT2D eigenvalue weighted by Crippen LogP contribution is -2.51. The minimum Gasteiger partial charge on any atom is -0.343 e. The third-order valence-corrected chi connectivity index (χ3v) is 5.07. The molecule has 0 radical (unpaired) electrons. The van der Waals surface area contributed by atoms with Gasteiger partial charge in [-0.3, -0.25) is 4.90 Å². The number of imidazole rings is 1. The number of nitrogens with one attached hydrogen (secondary N) is 1. The van der Waals surface area contributed by atoms with Gasteiger partial charge in [-0.25, -0.2) is 14.4 Å². The van der Waals surface area contributed by atoms with Crippen LogP contribution in [0.25, 0.3) is 11.0 Å². The molecule has 1 aromatic carbocycles. The Bertz CT molecular complexity index is 800. The lowest BCUT2D eigenvalue weighted by molar-refractivity contribution is 0.217. The molecule has 4 rings (SSSR count). The molecule has 1 N–H and O–H groups in total. The maximum atomic E-state index is 13.7. The van der Waals surface area contributed by atoms with E-state index in [-0.39, 0.29) is 5.82 Å². The Kier molecular flexibility index (Phi) is 3.74. The Balaban J connectivity index is 1.46. The molecule has 1 fully saturated rings. The van der Waals surface area contributed by atoms with Gasteiger partial charge in [0.1, 0.15) is 11.3 Å². The summed E-state index contributed by atoms with van der Waals surface area (Å²) in [5, 5.41) is 3.10. The highest BCUT2D eigenvalue weighted by molar-refractivity contribution is 7.13. The Labute approximate surface area is 137 Å². The molecule has 1 saturated heterocycles. The maximum absolute atomic E-state index is 13.7. The number of hydrogen-bond acceptors (Lipinski definition) is 5. The van der Waals surface area contributed by atoms with Crippen molar-refractivity contribution in [3.63, 3.8) is 0 Å². The number of hydrogen-bond donors (Lipinski definition) is 1. The average Bonchev–Trinajstić information content (AvgIpc) is 3.17. The number of nitrogens with zero attached hydrogens (tertiary/aromatic N) is 4. The van der Waals surface area contributed by atoms with Crippen LogP contribution in [0.3, 0.4) is 0 Å². The van der Waals surface area contributed by atoms with Gasteiger partial charge in [0, 0.05) is 37.3 Å². The van der Waals surface area contributed by atoms with E-state index in [2.05, 4.69) is 31.7 Å². The van der Waals surface area contributed by atoms with Crippen molar-refractivity contribution in [2.45, 2.75) is 19.5 Å². The third-order valence-electron chi connectivity index (χ3n) is 4.26. The average molecular weight is 331 g/mol. The molecule has 1 aliphatic heterocycles. The molecule has 0 bridgehead atoms. The zero-order valence-corrected chi connectivity index (χ0v) is 13.7. The van der Waals surface area contributed by atoms with E-state index in [1.54, 1.807) is 17.4 Å². The number of H-pyrrole nitrogens is 1. The maximum Gasteiger partial charge on any atom is 0.185 e. The predicted molar refractivity (Wildman–Crippen MR) is 90.3 cm³/mol. The molecule has 7 heteroatoms. The van der Waals surface area contributed by atoms with Crippen LogP contribution in [0.2, 0.25) is 0 Å². The molecule has 3 heterocycles. The fourth-order valence-electron chi connectivity index (χ4n) is 3.15. The highest BCUT2D eigenvalue weighted by Gasteiger charge is 2.25. The number of thiazole rings is 1. The number of halogens is 1. The summed E-state index contributed by atoms with van der Waals surface area (Å²) < 4.78 is 13.7. The number of para-hydroxylation sites is 1. The number of rotatable bonds is 3. The van der Waals surface area contributed by atoms with Gasteiger partial charge in [0.15, 0.2) is 10.9 Å². The fraction of sp³-hybridized carbons (Fsp3) is 0.375. The van der Waals surface area contributed by atoms with Gasteiger partial charge in [0.2, 0.25) is 0 Å². The van der Waals surface area contributed by atoms with E-state index in [4.69, 9.17) is 0 Å². The molecule has 3 aromatic rings. The van der Waals surface area contributed by atoms with Gasteiger partial charge in [0.05, 0.1) is 12.1 Å². The number of anilines is 1. The molecular formula is C16H18FN5S. The largest absolute Gasteiger partial charge is 0.343 e. The molecule has 120 valence electrons. The summed E-state index contributed by atoms with van der Waals surface area (Å²) in [7, 11) is 0. The zero-order valence-electron chi connectivity index (χ0n) is 12.9. The van der Waals surface area contributed by atoms with E-state index in [1.807, 2.05) is 17.6 Å². The van der Waals surface area contributed by atoms with Gasteiger partial charge in [-0.05, 0) is 19.1 Å². The fourth-order valence-corrected chi connectivity index (χ4v) is 3.93. The van der Waals surface area contributed by atoms with Crippen molar-refractivity contribution in [3.8, 4) is 0 Å². The lowest BCUT2D eigenvalue weighted by atomic mass is 10.2. The first-order valence-corrected chi connectivity index (χ1v) is 8.60. The summed E-state index contributed by atoms with van der Waals surface area (Å²) in [6.07, 6.45) is 1.85. The van der Waals surface area contributed by atoms with Gasteiger partial charge in [-0.1, -0.05) is 6.07 Å². The number of fused-ring (bicyclic) bond motifs is 1. The van der Waals surface area contributed by atoms with Crippen molar-refractivity contribution in [3.05, 3.63) is 41.4 Å². The van der Waals surface area contributed by atoms with E-state index in [0.717, 1.165) is 36.1 Å². The first-order chi connectivity index (χ1) is 11.2. The van der Waals surface area contributed by atoms with Crippen LogP contribution in [0.15, 0.2) is 29.8 Å². The Hall–Kier alpha value is -1.99. The van der Waals surface area contributed by atoms with Crippen LogP contribution in [0.4, 0.5) is 9.52 Å². The van der Waals surface area contributed by atoms with Crippen molar-refractivity contribution < 1.29 is 4.39 Å². The number of aromatic amines is 1. The van der Waals surface area contributed by atoms with E-state index in [0.29, 0.717) is 18.1 Å². The summed E-state index contributed by atoms with van der Waals surface area (Å²) in [6, 6.07) is 5.41. The van der Waals surface area contributed by atoms with Crippen LogP contribution in [-0.4, -0.2) is 45.5 Å². The molecule has 23 heavy (non-hydrogen) atoms. The molecule has 0 saturated carbocycles. The van der Waals surface area contributed by atoms with E-state index >= 15 is 0 Å². The van der Waals surface area contributed by atoms with E-state index in [1.165, 1.54) is 6.07 Å². The van der Waals surface area contributed by atoms with Crippen molar-refractivity contribution in [1.82, 2.24) is 19.9 Å². The van der Waals surface area contributed by atoms with Gasteiger partial charge >= 0.3 is 0 Å². The topological polar surface area (TPSA) is 48.1 Å². The van der Waals surface area contributed by atoms with Crippen LogP contribution in [0.1, 0.15) is 12.7 Å². The van der Waals surface area contributed by atoms with E-state index in [9.17, 15) is 4.39 Å². The monoisotopic (exact) mass is 331 g/mol. The lowest BCUT2D eigenvalue weighted by Gasteiger charge is -2.39. The van der Waals surface area contributed by atoms with Crippen molar-refractivity contribution in [1.29, 1.82) is 0 Å². The van der Waals surface area contributed by atoms with Crippen LogP contribution in [-0.2, 0) is 6.54 Å². The highest BCUT2D eigenvalue weighted by Crippen LogP contribution is 2.23. The minimum atomic E-state index is -0.271. The number of aromatic nitrogens is 3. The summed E-state index contributed by atoms with van der Waals surface area (Å²) in [5.41, 5.74) is 1.19. The molecule has 1 aliphatic rings. The molecule has 0 unspecified atom stereocenters. The first-order valence-electron chi connectivity index (χ1n) is 7.72. The van der Waals surface area contributed by atoms with Crippen LogP contribution in [0.5, 0.6) is 0 Å². The minimum absolute atomic E-state index is 0.271. The Morgan fingerprint density at radius 1 is 1.39 bits per heavy atom. The number of piperazine rings is 1. The molecule has 5 nitrogen and oxygen atoms in total. The summed E-state index contributed by atoms with van der Waals surface area (Å²) in [4.78, 5) is 16.7. The first kappa shape index (κ1) is 14.6. The molecule has 1 atom stereocenters. The predicted octanol–water partition coefficient (Wildman–Crippen LogP) is 2.87. The van der Waals surface area contributed by atoms with Crippen LogP contribution in [0, 0.1) is 5.82 Å². The zero-order chi connectivity index (χ0) is 15.8. The summed E-state index contributed by atoms with van der Waals surface area (Å²) in [5.74, 6) is 0.548. The highest BCUT2D eigenvalue weighted by atomic mass is 32.1. The summed E-state index contributed by atoms with van der Waals surface area (Å²) in [6.45, 7) is 5.77. The Morgan fingerprint density at radius 2 is 2.30 bits per heavy atom. The van der Waals surface area contributed by atoms with Crippen LogP contribution < -0.4 is 4.90 Å². The van der Waals surface area contributed by atoms with Gasteiger partial charge < -0.3 is 9.88 Å². The molecule has 0 amide bonds. The van der Waals surface area contributed by atoms with E-state index < -0.39 is 0 Å². The molecular weight excluding hydrogens is 313 g/mol. The Morgan fingerprint density at radius 3 is 3.04 bits per heavy atom. The number of benzene rings is 1. The third kappa shape index (κ3) is 2.82. The van der Waals surface area contributed by atoms with Gasteiger partial charge in [-0.15, -0.1) is 11.3 Å². The quantitative estimate of drug-likeness (QED) is 0.802. The standard InChI is InChI=1S/C16H18FN5S/c1-11-9-21(6-7-22(11)16-18-5-8-23-16)10-14-19-13-4-2-3-12(17)15(13)20-14/h2-5,8,11H,6-7,9-10H2,1H3,(H,19,20)/t11-/m1/s1. The van der Waals surface area contributed by atoms with Crippen molar-refractivity contribution >= 4 is 27.5 Å². The van der Waals surface area contributed by atoms with Gasteiger partial charge in [-0.2, -0.15) is 0 Å². The van der Waals surface area contributed by atoms with Crippen molar-refractivity contribution in [2.24, 2.45) is 0 Å².